The fraction of sp³-hybridized carbons (Fsp3) is 0.333. The third kappa shape index (κ3) is 2.20. The van der Waals surface area contributed by atoms with Crippen molar-refractivity contribution in [3.8, 4) is 0 Å². The molecule has 1 nitrogen and oxygen atoms in total. The van der Waals surface area contributed by atoms with Crippen molar-refractivity contribution in [2.24, 2.45) is 0 Å². The summed E-state index contributed by atoms with van der Waals surface area (Å²) in [4.78, 5) is 0. The first-order chi connectivity index (χ1) is 5.24. The van der Waals surface area contributed by atoms with Crippen LogP contribution in [-0.2, 0) is 0 Å². The van der Waals surface area contributed by atoms with E-state index in [-0.39, 0.29) is 0 Å². The molecule has 0 aromatic heterocycles. The van der Waals surface area contributed by atoms with Gasteiger partial charge in [0, 0.05) is 5.69 Å². The van der Waals surface area contributed by atoms with Gasteiger partial charge in [0.15, 0.2) is 0 Å². The van der Waals surface area contributed by atoms with Crippen molar-refractivity contribution in [2.75, 3.05) is 5.09 Å². The molecule has 0 aliphatic heterocycles. The van der Waals surface area contributed by atoms with E-state index in [0.29, 0.717) is 5.92 Å². The Labute approximate surface area is 70.5 Å². The SMILES string of the molecule is CC(C)c1ccc(NP)cc1. The minimum absolute atomic E-state index is 0.619. The Bertz CT molecular complexity index is 216. The van der Waals surface area contributed by atoms with Crippen LogP contribution in [-0.4, -0.2) is 0 Å². The molecule has 1 rings (SSSR count). The zero-order valence-electron chi connectivity index (χ0n) is 6.96. The van der Waals surface area contributed by atoms with Crippen LogP contribution < -0.4 is 5.09 Å². The van der Waals surface area contributed by atoms with E-state index in [9.17, 15) is 0 Å². The number of anilines is 1. The summed E-state index contributed by atoms with van der Waals surface area (Å²) < 4.78 is 0. The van der Waals surface area contributed by atoms with Gasteiger partial charge in [0.25, 0.3) is 0 Å². The second-order valence-electron chi connectivity index (χ2n) is 2.92. The molecule has 0 spiro atoms. The number of hydrogen-bond donors (Lipinski definition) is 1. The monoisotopic (exact) mass is 167 g/mol. The molecule has 1 unspecified atom stereocenters. The summed E-state index contributed by atoms with van der Waals surface area (Å²) in [5, 5.41) is 3.01. The van der Waals surface area contributed by atoms with Crippen molar-refractivity contribution in [3.63, 3.8) is 0 Å². The third-order valence-corrected chi connectivity index (χ3v) is 2.08. The Morgan fingerprint density at radius 1 is 1.18 bits per heavy atom. The molecule has 0 heterocycles. The fourth-order valence-electron chi connectivity index (χ4n) is 0.964. The van der Waals surface area contributed by atoms with E-state index < -0.39 is 0 Å². The van der Waals surface area contributed by atoms with Gasteiger partial charge in [0.2, 0.25) is 0 Å². The Balaban J connectivity index is 2.83. The third-order valence-electron chi connectivity index (χ3n) is 1.74. The Kier molecular flexibility index (Phi) is 2.90. The highest BCUT2D eigenvalue weighted by atomic mass is 31.0. The van der Waals surface area contributed by atoms with Crippen LogP contribution >= 0.6 is 9.39 Å². The first-order valence-corrected chi connectivity index (χ1v) is 4.38. The molecule has 2 heteroatoms. The number of hydrogen-bond acceptors (Lipinski definition) is 1. The van der Waals surface area contributed by atoms with E-state index >= 15 is 0 Å². The van der Waals surface area contributed by atoms with Crippen LogP contribution in [0.25, 0.3) is 0 Å². The van der Waals surface area contributed by atoms with Crippen LogP contribution in [0.1, 0.15) is 25.3 Å². The highest BCUT2D eigenvalue weighted by molar-refractivity contribution is 7.18. The molecular weight excluding hydrogens is 153 g/mol. The molecule has 0 saturated heterocycles. The van der Waals surface area contributed by atoms with E-state index in [1.54, 1.807) is 0 Å². The van der Waals surface area contributed by atoms with Gasteiger partial charge in [0.05, 0.1) is 0 Å². The average Bonchev–Trinajstić information content (AvgIpc) is 2.05. The summed E-state index contributed by atoms with van der Waals surface area (Å²) >= 11 is 0. The number of nitrogens with one attached hydrogen (secondary N) is 1. The van der Waals surface area contributed by atoms with Crippen molar-refractivity contribution in [1.29, 1.82) is 0 Å². The van der Waals surface area contributed by atoms with Crippen LogP contribution in [0.4, 0.5) is 5.69 Å². The van der Waals surface area contributed by atoms with Crippen molar-refractivity contribution < 1.29 is 0 Å². The minimum atomic E-state index is 0.619. The second kappa shape index (κ2) is 3.73. The lowest BCUT2D eigenvalue weighted by atomic mass is 10.0. The normalized spacial score (nSPS) is 10.2. The van der Waals surface area contributed by atoms with Gasteiger partial charge in [0.1, 0.15) is 0 Å². The summed E-state index contributed by atoms with van der Waals surface area (Å²) in [5.41, 5.74) is 2.52. The maximum absolute atomic E-state index is 3.01. The van der Waals surface area contributed by atoms with E-state index in [4.69, 9.17) is 0 Å². The summed E-state index contributed by atoms with van der Waals surface area (Å²) in [7, 11) is 2.48. The number of benzene rings is 1. The van der Waals surface area contributed by atoms with Crippen molar-refractivity contribution >= 4 is 15.1 Å². The van der Waals surface area contributed by atoms with Crippen molar-refractivity contribution in [3.05, 3.63) is 29.8 Å². The quantitative estimate of drug-likeness (QED) is 0.667. The van der Waals surface area contributed by atoms with Crippen LogP contribution in [0.15, 0.2) is 24.3 Å². The Hall–Kier alpha value is -0.550. The van der Waals surface area contributed by atoms with Crippen molar-refractivity contribution in [2.45, 2.75) is 19.8 Å². The molecule has 0 fully saturated rings. The van der Waals surface area contributed by atoms with Crippen LogP contribution in [0.2, 0.25) is 0 Å². The summed E-state index contributed by atoms with van der Waals surface area (Å²) in [6, 6.07) is 8.47. The predicted octanol–water partition coefficient (Wildman–Crippen LogP) is 3.01. The average molecular weight is 167 g/mol. The van der Waals surface area contributed by atoms with E-state index in [1.165, 1.54) is 5.56 Å². The molecular formula is C9H14NP. The molecule has 1 aromatic rings. The van der Waals surface area contributed by atoms with Gasteiger partial charge in [-0.05, 0) is 33.0 Å². The maximum Gasteiger partial charge on any atom is 0.0368 e. The topological polar surface area (TPSA) is 12.0 Å². The van der Waals surface area contributed by atoms with Gasteiger partial charge in [-0.1, -0.05) is 26.0 Å². The first kappa shape index (κ1) is 8.55. The molecule has 1 atom stereocenters. The molecule has 0 radical (unpaired) electrons. The standard InChI is InChI=1S/C9H14NP/c1-7(2)8-3-5-9(10-11)6-4-8/h3-7,10H,11H2,1-2H3. The van der Waals surface area contributed by atoms with E-state index in [2.05, 4.69) is 52.6 Å². The molecule has 0 amide bonds. The largest absolute Gasteiger partial charge is 0.369 e. The Morgan fingerprint density at radius 3 is 2.09 bits per heavy atom. The Morgan fingerprint density at radius 2 is 1.73 bits per heavy atom. The zero-order valence-corrected chi connectivity index (χ0v) is 8.12. The summed E-state index contributed by atoms with van der Waals surface area (Å²) in [6.07, 6.45) is 0. The second-order valence-corrected chi connectivity index (χ2v) is 3.21. The molecule has 0 bridgehead atoms. The van der Waals surface area contributed by atoms with Crippen LogP contribution in [0, 0.1) is 0 Å². The van der Waals surface area contributed by atoms with Gasteiger partial charge in [-0.3, -0.25) is 0 Å². The van der Waals surface area contributed by atoms with Crippen molar-refractivity contribution in [1.82, 2.24) is 0 Å². The lowest BCUT2D eigenvalue weighted by molar-refractivity contribution is 0.867. The predicted molar refractivity (Wildman–Crippen MR) is 53.9 cm³/mol. The van der Waals surface area contributed by atoms with Crippen LogP contribution in [0.5, 0.6) is 0 Å². The van der Waals surface area contributed by atoms with E-state index in [1.807, 2.05) is 0 Å². The van der Waals surface area contributed by atoms with Gasteiger partial charge in [-0.25, -0.2) is 0 Å². The highest BCUT2D eigenvalue weighted by Gasteiger charge is 1.96. The minimum Gasteiger partial charge on any atom is -0.369 e. The molecule has 11 heavy (non-hydrogen) atoms. The molecule has 0 aliphatic carbocycles. The zero-order chi connectivity index (χ0) is 8.27. The smallest absolute Gasteiger partial charge is 0.0368 e. The van der Waals surface area contributed by atoms with Gasteiger partial charge in [-0.2, -0.15) is 0 Å². The molecule has 1 aromatic carbocycles. The lowest BCUT2D eigenvalue weighted by Crippen LogP contribution is -1.86. The highest BCUT2D eigenvalue weighted by Crippen LogP contribution is 2.17. The van der Waals surface area contributed by atoms with Gasteiger partial charge in [-0.15, -0.1) is 0 Å². The fourth-order valence-corrected chi connectivity index (χ4v) is 1.16. The van der Waals surface area contributed by atoms with Crippen LogP contribution in [0.3, 0.4) is 0 Å². The van der Waals surface area contributed by atoms with E-state index in [0.717, 1.165) is 5.69 Å². The lowest BCUT2D eigenvalue weighted by Gasteiger charge is -2.05. The molecule has 1 N–H and O–H groups in total. The summed E-state index contributed by atoms with van der Waals surface area (Å²) in [6.45, 7) is 4.40. The molecule has 0 aliphatic rings. The van der Waals surface area contributed by atoms with Gasteiger partial charge < -0.3 is 5.09 Å². The summed E-state index contributed by atoms with van der Waals surface area (Å²) in [5.74, 6) is 0.619. The maximum atomic E-state index is 3.01. The first-order valence-electron chi connectivity index (χ1n) is 3.80. The number of rotatable bonds is 2. The van der Waals surface area contributed by atoms with Gasteiger partial charge >= 0.3 is 0 Å². The molecule has 60 valence electrons. The molecule has 0 saturated carbocycles.